The average Bonchev–Trinajstić information content (AvgIpc) is 3.22. The molecule has 0 spiro atoms. The molecule has 0 bridgehead atoms. The Hall–Kier alpha value is -3.79. The molecule has 6 nitrogen and oxygen atoms in total. The van der Waals surface area contributed by atoms with Crippen LogP contribution in [0.3, 0.4) is 0 Å². The first-order valence-electron chi connectivity index (χ1n) is 9.76. The van der Waals surface area contributed by atoms with Gasteiger partial charge in [-0.15, -0.1) is 10.2 Å². The molecule has 4 aromatic rings. The molecule has 168 valence electrons. The highest BCUT2D eigenvalue weighted by Crippen LogP contribution is 2.24. The second-order valence-corrected chi connectivity index (χ2v) is 7.69. The summed E-state index contributed by atoms with van der Waals surface area (Å²) in [6.45, 7) is -0.0592. The molecule has 1 N–H and O–H groups in total. The van der Waals surface area contributed by atoms with E-state index in [4.69, 9.17) is 4.74 Å². The molecule has 33 heavy (non-hydrogen) atoms. The first kappa shape index (κ1) is 22.4. The Kier molecular flexibility index (Phi) is 6.94. The number of nitrogens with one attached hydrogen (secondary N) is 1. The number of nitrogens with zero attached hydrogens (tertiary/aromatic N) is 3. The van der Waals surface area contributed by atoms with E-state index in [1.807, 2.05) is 30.3 Å². The summed E-state index contributed by atoms with van der Waals surface area (Å²) in [4.78, 5) is 12.3. The topological polar surface area (TPSA) is 69.0 Å². The smallest absolute Gasteiger partial charge is 0.234 e. The van der Waals surface area contributed by atoms with Crippen molar-refractivity contribution in [3.8, 4) is 11.4 Å². The molecule has 0 atom stereocenters. The maximum atomic E-state index is 13.9. The van der Waals surface area contributed by atoms with Crippen LogP contribution in [0.1, 0.15) is 5.82 Å². The Morgan fingerprint density at radius 2 is 1.70 bits per heavy atom. The highest BCUT2D eigenvalue weighted by Gasteiger charge is 2.17. The van der Waals surface area contributed by atoms with Gasteiger partial charge in [-0.05, 0) is 36.4 Å². The maximum Gasteiger partial charge on any atom is 0.234 e. The SMILES string of the molecule is O=C(CSc1nnc(COc2ccccc2F)n1-c1ccccc1)Nc1ccc(F)cc1F. The number of para-hydroxylation sites is 2. The second-order valence-electron chi connectivity index (χ2n) is 6.75. The zero-order valence-electron chi connectivity index (χ0n) is 17.0. The van der Waals surface area contributed by atoms with Crippen LogP contribution in [0, 0.1) is 17.5 Å². The molecule has 0 aliphatic carbocycles. The van der Waals surface area contributed by atoms with Gasteiger partial charge in [0.1, 0.15) is 18.2 Å². The fourth-order valence-corrected chi connectivity index (χ4v) is 3.71. The summed E-state index contributed by atoms with van der Waals surface area (Å²) in [5.41, 5.74) is 0.604. The number of ether oxygens (including phenoxy) is 1. The molecule has 1 heterocycles. The van der Waals surface area contributed by atoms with Crippen molar-refractivity contribution in [2.75, 3.05) is 11.1 Å². The molecule has 0 saturated carbocycles. The van der Waals surface area contributed by atoms with E-state index >= 15 is 0 Å². The Morgan fingerprint density at radius 1 is 0.939 bits per heavy atom. The van der Waals surface area contributed by atoms with Crippen LogP contribution in [0.2, 0.25) is 0 Å². The third-order valence-electron chi connectivity index (χ3n) is 4.45. The van der Waals surface area contributed by atoms with Gasteiger partial charge in [-0.25, -0.2) is 13.2 Å². The summed E-state index contributed by atoms with van der Waals surface area (Å²) < 4.78 is 48.0. The summed E-state index contributed by atoms with van der Waals surface area (Å²) in [6.07, 6.45) is 0. The third-order valence-corrected chi connectivity index (χ3v) is 5.37. The van der Waals surface area contributed by atoms with Gasteiger partial charge < -0.3 is 10.1 Å². The van der Waals surface area contributed by atoms with Gasteiger partial charge in [0.15, 0.2) is 22.5 Å². The van der Waals surface area contributed by atoms with Crippen LogP contribution >= 0.6 is 11.8 Å². The highest BCUT2D eigenvalue weighted by molar-refractivity contribution is 7.99. The van der Waals surface area contributed by atoms with Crippen LogP contribution in [0.15, 0.2) is 78.0 Å². The van der Waals surface area contributed by atoms with Gasteiger partial charge in [-0.3, -0.25) is 9.36 Å². The number of carbonyl (C=O) groups is 1. The van der Waals surface area contributed by atoms with Gasteiger partial charge in [0, 0.05) is 11.8 Å². The quantitative estimate of drug-likeness (QED) is 0.367. The molecule has 1 aromatic heterocycles. The second kappa shape index (κ2) is 10.2. The first-order chi connectivity index (χ1) is 16.0. The minimum atomic E-state index is -0.867. The number of hydrogen-bond donors (Lipinski definition) is 1. The van der Waals surface area contributed by atoms with Crippen LogP contribution in [0.4, 0.5) is 18.9 Å². The molecular weight excluding hydrogens is 453 g/mol. The van der Waals surface area contributed by atoms with Gasteiger partial charge >= 0.3 is 0 Å². The number of benzene rings is 3. The summed E-state index contributed by atoms with van der Waals surface area (Å²) in [5.74, 6) is -2.23. The predicted molar refractivity (Wildman–Crippen MR) is 118 cm³/mol. The van der Waals surface area contributed by atoms with E-state index in [1.54, 1.807) is 16.7 Å². The van der Waals surface area contributed by atoms with Gasteiger partial charge in [0.2, 0.25) is 5.91 Å². The Labute approximate surface area is 191 Å². The number of aromatic nitrogens is 3. The number of halogens is 3. The third kappa shape index (κ3) is 5.53. The van der Waals surface area contributed by atoms with E-state index in [2.05, 4.69) is 15.5 Å². The van der Waals surface area contributed by atoms with E-state index < -0.39 is 23.4 Å². The van der Waals surface area contributed by atoms with E-state index in [-0.39, 0.29) is 23.8 Å². The molecule has 0 radical (unpaired) electrons. The van der Waals surface area contributed by atoms with Crippen molar-refractivity contribution in [3.05, 3.63) is 96.1 Å². The lowest BCUT2D eigenvalue weighted by molar-refractivity contribution is -0.113. The molecule has 4 rings (SSSR count). The number of hydrogen-bond acceptors (Lipinski definition) is 5. The van der Waals surface area contributed by atoms with E-state index in [9.17, 15) is 18.0 Å². The van der Waals surface area contributed by atoms with Crippen molar-refractivity contribution in [2.24, 2.45) is 0 Å². The fourth-order valence-electron chi connectivity index (χ4n) is 2.94. The fraction of sp³-hybridized carbons (Fsp3) is 0.0870. The van der Waals surface area contributed by atoms with Crippen molar-refractivity contribution < 1.29 is 22.7 Å². The highest BCUT2D eigenvalue weighted by atomic mass is 32.2. The molecule has 0 aliphatic rings. The van der Waals surface area contributed by atoms with E-state index in [1.165, 1.54) is 12.1 Å². The Balaban J connectivity index is 1.50. The van der Waals surface area contributed by atoms with Crippen molar-refractivity contribution in [1.82, 2.24) is 14.8 Å². The summed E-state index contributed by atoms with van der Waals surface area (Å²) in [7, 11) is 0. The minimum absolute atomic E-state index is 0.0592. The predicted octanol–water partition coefficient (Wildman–Crippen LogP) is 4.99. The number of carbonyl (C=O) groups excluding carboxylic acids is 1. The lowest BCUT2D eigenvalue weighted by atomic mass is 10.3. The van der Waals surface area contributed by atoms with Gasteiger partial charge in [-0.1, -0.05) is 42.1 Å². The van der Waals surface area contributed by atoms with E-state index in [0.29, 0.717) is 17.0 Å². The molecule has 0 unspecified atom stereocenters. The van der Waals surface area contributed by atoms with Crippen LogP contribution < -0.4 is 10.1 Å². The lowest BCUT2D eigenvalue weighted by Crippen LogP contribution is -2.16. The largest absolute Gasteiger partial charge is 0.483 e. The Bertz CT molecular complexity index is 1270. The summed E-state index contributed by atoms with van der Waals surface area (Å²) in [6, 6.07) is 18.1. The molecule has 0 saturated heterocycles. The monoisotopic (exact) mass is 470 g/mol. The van der Waals surface area contributed by atoms with Crippen molar-refractivity contribution >= 4 is 23.4 Å². The molecule has 3 aromatic carbocycles. The number of thioether (sulfide) groups is 1. The van der Waals surface area contributed by atoms with Crippen LogP contribution in [-0.4, -0.2) is 26.4 Å². The first-order valence-corrected chi connectivity index (χ1v) is 10.7. The van der Waals surface area contributed by atoms with Crippen molar-refractivity contribution in [2.45, 2.75) is 11.8 Å². The number of rotatable bonds is 8. The molecule has 10 heteroatoms. The lowest BCUT2D eigenvalue weighted by Gasteiger charge is -2.11. The van der Waals surface area contributed by atoms with Crippen molar-refractivity contribution in [3.63, 3.8) is 0 Å². The Morgan fingerprint density at radius 3 is 2.45 bits per heavy atom. The average molecular weight is 470 g/mol. The van der Waals surface area contributed by atoms with Crippen LogP contribution in [-0.2, 0) is 11.4 Å². The number of amides is 1. The molecule has 0 aliphatic heterocycles. The maximum absolute atomic E-state index is 13.9. The minimum Gasteiger partial charge on any atom is -0.483 e. The van der Waals surface area contributed by atoms with Gasteiger partial charge in [0.05, 0.1) is 11.4 Å². The molecular formula is C23H17F3N4O2S. The molecule has 0 fully saturated rings. The van der Waals surface area contributed by atoms with Crippen LogP contribution in [0.25, 0.3) is 5.69 Å². The normalized spacial score (nSPS) is 10.8. The zero-order valence-corrected chi connectivity index (χ0v) is 17.9. The van der Waals surface area contributed by atoms with Crippen LogP contribution in [0.5, 0.6) is 5.75 Å². The molecule has 1 amide bonds. The zero-order chi connectivity index (χ0) is 23.2. The van der Waals surface area contributed by atoms with E-state index in [0.717, 1.165) is 29.6 Å². The standard InChI is InChI=1S/C23H17F3N4O2S/c24-15-10-11-19(18(26)12-15)27-22(31)14-33-23-29-28-21(30(23)16-6-2-1-3-7-16)13-32-20-9-5-4-8-17(20)25/h1-12H,13-14H2,(H,27,31). The number of anilines is 1. The van der Waals surface area contributed by atoms with Crippen molar-refractivity contribution in [1.29, 1.82) is 0 Å². The summed E-state index contributed by atoms with van der Waals surface area (Å²) in [5, 5.41) is 11.1. The summed E-state index contributed by atoms with van der Waals surface area (Å²) >= 11 is 1.08. The van der Waals surface area contributed by atoms with Gasteiger partial charge in [0.25, 0.3) is 0 Å². The van der Waals surface area contributed by atoms with Gasteiger partial charge in [-0.2, -0.15) is 0 Å².